The molecule has 2 atom stereocenters. The van der Waals surface area contributed by atoms with E-state index in [1.165, 1.54) is 12.1 Å². The van der Waals surface area contributed by atoms with E-state index in [2.05, 4.69) is 20.1 Å². The molecule has 1 aliphatic carbocycles. The van der Waals surface area contributed by atoms with Crippen LogP contribution >= 0.6 is 22.9 Å². The van der Waals surface area contributed by atoms with Gasteiger partial charge in [0.15, 0.2) is 5.82 Å². The number of aromatic nitrogens is 2. The van der Waals surface area contributed by atoms with Crippen LogP contribution in [0.4, 0.5) is 32.8 Å². The minimum Gasteiger partial charge on any atom is -0.463 e. The zero-order valence-electron chi connectivity index (χ0n) is 26.3. The Labute approximate surface area is 288 Å². The molecule has 1 saturated carbocycles. The van der Waals surface area contributed by atoms with Crippen molar-refractivity contribution < 1.29 is 26.7 Å². The molecule has 3 N–H and O–H groups in total. The van der Waals surface area contributed by atoms with Crippen LogP contribution < -0.4 is 20.7 Å². The van der Waals surface area contributed by atoms with Crippen molar-refractivity contribution in [1.29, 1.82) is 5.26 Å². The zero-order chi connectivity index (χ0) is 34.2. The van der Waals surface area contributed by atoms with E-state index < -0.39 is 23.7 Å². The first-order chi connectivity index (χ1) is 23.4. The highest BCUT2D eigenvalue weighted by atomic mass is 35.5. The minimum atomic E-state index is -4.17. The molecule has 258 valence electrons. The van der Waals surface area contributed by atoms with Gasteiger partial charge in [-0.15, -0.1) is 11.3 Å². The summed E-state index contributed by atoms with van der Waals surface area (Å²) in [5.74, 6) is -2.11. The fourth-order valence-corrected chi connectivity index (χ4v) is 9.07. The van der Waals surface area contributed by atoms with Crippen molar-refractivity contribution in [2.75, 3.05) is 50.0 Å². The van der Waals surface area contributed by atoms with E-state index in [0.717, 1.165) is 37.0 Å². The lowest BCUT2D eigenvalue weighted by molar-refractivity contribution is -0.185. The van der Waals surface area contributed by atoms with E-state index in [1.54, 1.807) is 6.07 Å². The van der Waals surface area contributed by atoms with Crippen LogP contribution in [0.3, 0.4) is 0 Å². The summed E-state index contributed by atoms with van der Waals surface area (Å²) in [6.07, 6.45) is -0.257. The second-order valence-corrected chi connectivity index (χ2v) is 15.4. The average Bonchev–Trinajstić information content (AvgIpc) is 3.62. The van der Waals surface area contributed by atoms with E-state index in [9.17, 15) is 22.8 Å². The number of rotatable bonds is 7. The Hall–Kier alpha value is -3.51. The van der Waals surface area contributed by atoms with E-state index in [4.69, 9.17) is 27.1 Å². The van der Waals surface area contributed by atoms with Crippen LogP contribution in [0.15, 0.2) is 18.2 Å². The van der Waals surface area contributed by atoms with Gasteiger partial charge in [-0.05, 0) is 69.3 Å². The summed E-state index contributed by atoms with van der Waals surface area (Å²) in [5, 5.41) is 14.2. The van der Waals surface area contributed by atoms with Crippen molar-refractivity contribution in [1.82, 2.24) is 20.2 Å². The maximum absolute atomic E-state index is 16.9. The minimum absolute atomic E-state index is 0.00986. The number of thiophene rings is 1. The van der Waals surface area contributed by atoms with Crippen molar-refractivity contribution in [3.8, 4) is 23.2 Å². The molecule has 49 heavy (non-hydrogen) atoms. The van der Waals surface area contributed by atoms with Crippen molar-refractivity contribution in [2.45, 2.75) is 56.8 Å². The lowest BCUT2D eigenvalue weighted by Crippen LogP contribution is -2.51. The molecule has 8 nitrogen and oxygen atoms in total. The maximum atomic E-state index is 16.9. The third-order valence-electron chi connectivity index (χ3n) is 10.6. The zero-order valence-corrected chi connectivity index (χ0v) is 27.9. The number of nitrogens with zero attached hydrogens (tertiary/aromatic N) is 5. The smallest absolute Gasteiger partial charge is 0.391 e. The highest BCUT2D eigenvalue weighted by molar-refractivity contribution is 7.23. The van der Waals surface area contributed by atoms with Crippen LogP contribution in [-0.2, 0) is 0 Å². The molecule has 3 aliphatic heterocycles. The average molecular weight is 718 g/mol. The van der Waals surface area contributed by atoms with Gasteiger partial charge in [0.05, 0.1) is 27.8 Å². The standard InChI is InChI=1S/C34H33ClF5N7OS/c35-23-11-21-28(27(37)26(23)20-3-4-24(36)29-25(20)22(12-41)30(42)49-29)44-32(45-31(21)47-13-18-1-2-19(14-47)43-18)48-16-33(7-8-33)15-46-9-5-17(6-10-46)34(38,39)40/h3-4,11,17-19,43H,1-2,5-10,13-16,42H2. The highest BCUT2D eigenvalue weighted by Crippen LogP contribution is 2.49. The third kappa shape index (κ3) is 5.92. The topological polar surface area (TPSA) is 103 Å². The van der Waals surface area contributed by atoms with Gasteiger partial charge in [0, 0.05) is 53.5 Å². The summed E-state index contributed by atoms with van der Waals surface area (Å²) in [4.78, 5) is 13.5. The maximum Gasteiger partial charge on any atom is 0.391 e. The van der Waals surface area contributed by atoms with Crippen LogP contribution in [0, 0.1) is 34.3 Å². The molecule has 3 saturated heterocycles. The number of hydrogen-bond donors (Lipinski definition) is 2. The Morgan fingerprint density at radius 1 is 1.10 bits per heavy atom. The van der Waals surface area contributed by atoms with Crippen molar-refractivity contribution in [2.24, 2.45) is 11.3 Å². The second-order valence-electron chi connectivity index (χ2n) is 13.9. The monoisotopic (exact) mass is 717 g/mol. The number of nitrogens with two attached hydrogens (primary N) is 1. The summed E-state index contributed by atoms with van der Waals surface area (Å²) in [6.45, 7) is 2.91. The van der Waals surface area contributed by atoms with E-state index in [0.29, 0.717) is 43.9 Å². The van der Waals surface area contributed by atoms with E-state index in [-0.39, 0.29) is 85.3 Å². The number of halogens is 6. The quantitative estimate of drug-likeness (QED) is 0.193. The summed E-state index contributed by atoms with van der Waals surface area (Å²) >= 11 is 7.75. The Morgan fingerprint density at radius 3 is 2.47 bits per heavy atom. The number of alkyl halides is 3. The second kappa shape index (κ2) is 12.1. The number of nitrogen functional groups attached to an aromatic ring is 1. The van der Waals surface area contributed by atoms with Gasteiger partial charge in [-0.2, -0.15) is 28.4 Å². The Balaban J connectivity index is 1.16. The molecule has 2 bridgehead atoms. The fourth-order valence-electron chi connectivity index (χ4n) is 7.83. The Kier molecular flexibility index (Phi) is 8.05. The number of anilines is 2. The summed E-state index contributed by atoms with van der Waals surface area (Å²) < 4.78 is 77.8. The number of hydrogen-bond acceptors (Lipinski definition) is 9. The van der Waals surface area contributed by atoms with Crippen LogP contribution in [0.2, 0.25) is 5.02 Å². The number of ether oxygens (including phenoxy) is 1. The molecule has 2 unspecified atom stereocenters. The normalized spacial score (nSPS) is 22.6. The van der Waals surface area contributed by atoms with Crippen LogP contribution in [0.1, 0.15) is 44.1 Å². The number of benzene rings is 2. The molecule has 15 heteroatoms. The van der Waals surface area contributed by atoms with Gasteiger partial charge in [-0.25, -0.2) is 8.78 Å². The van der Waals surface area contributed by atoms with Crippen molar-refractivity contribution in [3.63, 3.8) is 0 Å². The number of likely N-dealkylation sites (tertiary alicyclic amines) is 1. The van der Waals surface area contributed by atoms with Gasteiger partial charge in [0.1, 0.15) is 28.2 Å². The first kappa shape index (κ1) is 32.7. The number of nitrogens with one attached hydrogen (secondary N) is 1. The molecule has 8 rings (SSSR count). The molecule has 2 aromatic carbocycles. The number of piperidine rings is 1. The highest BCUT2D eigenvalue weighted by Gasteiger charge is 2.47. The Morgan fingerprint density at radius 2 is 1.82 bits per heavy atom. The number of nitriles is 1. The first-order valence-electron chi connectivity index (χ1n) is 16.5. The van der Waals surface area contributed by atoms with Crippen LogP contribution in [0.25, 0.3) is 32.1 Å². The predicted octanol–water partition coefficient (Wildman–Crippen LogP) is 7.27. The van der Waals surface area contributed by atoms with E-state index in [1.807, 2.05) is 6.07 Å². The van der Waals surface area contributed by atoms with Gasteiger partial charge in [0.2, 0.25) is 0 Å². The molecule has 5 heterocycles. The van der Waals surface area contributed by atoms with Crippen molar-refractivity contribution >= 4 is 54.7 Å². The van der Waals surface area contributed by atoms with Gasteiger partial charge >= 0.3 is 12.2 Å². The summed E-state index contributed by atoms with van der Waals surface area (Å²) in [5.41, 5.74) is 6.02. The SMILES string of the molecule is N#Cc1c(N)sc2c(F)ccc(-c3c(Cl)cc4c(N5CC6CCC(C5)N6)nc(OCC5(CN6CCC(C(F)(F)F)CC6)CC5)nc4c3F)c12. The lowest BCUT2D eigenvalue weighted by atomic mass is 9.95. The molecular formula is C34H33ClF5N7OS. The Bertz CT molecular complexity index is 1990. The van der Waals surface area contributed by atoms with Gasteiger partial charge in [-0.3, -0.25) is 0 Å². The predicted molar refractivity (Wildman–Crippen MR) is 179 cm³/mol. The van der Waals surface area contributed by atoms with Crippen molar-refractivity contribution in [3.05, 3.63) is 40.4 Å². The van der Waals surface area contributed by atoms with Crippen LogP contribution in [0.5, 0.6) is 6.01 Å². The van der Waals surface area contributed by atoms with Gasteiger partial charge in [0.25, 0.3) is 0 Å². The molecule has 0 amide bonds. The molecular weight excluding hydrogens is 685 g/mol. The number of piperazine rings is 1. The summed E-state index contributed by atoms with van der Waals surface area (Å²) in [7, 11) is 0. The van der Waals surface area contributed by atoms with Gasteiger partial charge in [-0.1, -0.05) is 17.7 Å². The molecule has 0 spiro atoms. The molecule has 0 radical (unpaired) electrons. The molecule has 4 aromatic rings. The van der Waals surface area contributed by atoms with E-state index >= 15 is 4.39 Å². The molecule has 4 aliphatic rings. The lowest BCUT2D eigenvalue weighted by Gasteiger charge is -2.35. The number of fused-ring (bicyclic) bond motifs is 4. The molecule has 4 fully saturated rings. The first-order valence-corrected chi connectivity index (χ1v) is 17.7. The largest absolute Gasteiger partial charge is 0.463 e. The molecule has 2 aromatic heterocycles. The third-order valence-corrected chi connectivity index (χ3v) is 12.0. The summed E-state index contributed by atoms with van der Waals surface area (Å²) in [6, 6.07) is 6.73. The van der Waals surface area contributed by atoms with Crippen LogP contribution in [-0.4, -0.2) is 72.5 Å². The fraction of sp³-hybridized carbons (Fsp3) is 0.500. The van der Waals surface area contributed by atoms with Gasteiger partial charge < -0.3 is 25.6 Å².